The number of carbonyl (C=O) groups is 1. The van der Waals surface area contributed by atoms with E-state index in [1.807, 2.05) is 30.3 Å². The monoisotopic (exact) mass is 181 g/mol. The second-order valence-electron chi connectivity index (χ2n) is 2.80. The summed E-state index contributed by atoms with van der Waals surface area (Å²) in [6.45, 7) is 0. The van der Waals surface area contributed by atoms with Gasteiger partial charge < -0.3 is 0 Å². The molecule has 0 unspecified atom stereocenters. The zero-order valence-electron chi connectivity index (χ0n) is 7.40. The molecule has 14 heavy (non-hydrogen) atoms. The smallest absolute Gasteiger partial charge is 0.193 e. The quantitative estimate of drug-likeness (QED) is 0.458. The minimum Gasteiger partial charge on any atom is -0.289 e. The summed E-state index contributed by atoms with van der Waals surface area (Å²) in [4.78, 5) is 14.2. The Kier molecular flexibility index (Phi) is 2.24. The number of aldehydes is 1. The molecular weight excluding hydrogens is 174 g/mol. The van der Waals surface area contributed by atoms with Crippen LogP contribution in [-0.2, 0) is 4.79 Å². The van der Waals surface area contributed by atoms with Gasteiger partial charge in [-0.1, -0.05) is 18.1 Å². The Bertz CT molecular complexity index is 535. The van der Waals surface area contributed by atoms with Crippen LogP contribution in [0.25, 0.3) is 10.9 Å². The van der Waals surface area contributed by atoms with Gasteiger partial charge in [-0.3, -0.25) is 9.78 Å². The predicted octanol–water partition coefficient (Wildman–Crippen LogP) is 1.79. The minimum absolute atomic E-state index is 0.586. The van der Waals surface area contributed by atoms with Gasteiger partial charge in [-0.05, 0) is 24.1 Å². The molecule has 0 aliphatic rings. The maximum Gasteiger partial charge on any atom is 0.193 e. The molecule has 0 fully saturated rings. The first-order valence-electron chi connectivity index (χ1n) is 4.20. The molecule has 1 heterocycles. The molecule has 0 aliphatic carbocycles. The maximum absolute atomic E-state index is 10.1. The van der Waals surface area contributed by atoms with Gasteiger partial charge in [0.05, 0.1) is 5.52 Å². The van der Waals surface area contributed by atoms with E-state index in [0.717, 1.165) is 16.5 Å². The van der Waals surface area contributed by atoms with Crippen LogP contribution in [0.4, 0.5) is 0 Å². The highest BCUT2D eigenvalue weighted by Crippen LogP contribution is 2.11. The zero-order chi connectivity index (χ0) is 9.80. The van der Waals surface area contributed by atoms with E-state index < -0.39 is 0 Å². The summed E-state index contributed by atoms with van der Waals surface area (Å²) in [5.41, 5.74) is 1.70. The molecule has 0 spiro atoms. The zero-order valence-corrected chi connectivity index (χ0v) is 7.40. The number of nitrogens with zero attached hydrogens (tertiary/aromatic N) is 1. The normalized spacial score (nSPS) is 9.14. The first kappa shape index (κ1) is 8.46. The minimum atomic E-state index is 0.586. The van der Waals surface area contributed by atoms with Gasteiger partial charge in [0.15, 0.2) is 6.29 Å². The van der Waals surface area contributed by atoms with Crippen LogP contribution in [-0.4, -0.2) is 11.3 Å². The lowest BCUT2D eigenvalue weighted by Gasteiger charge is -1.95. The fourth-order valence-corrected chi connectivity index (χ4v) is 1.26. The largest absolute Gasteiger partial charge is 0.289 e. The van der Waals surface area contributed by atoms with Crippen LogP contribution in [0.15, 0.2) is 36.5 Å². The molecule has 0 atom stereocenters. The Labute approximate surface area is 81.6 Å². The average Bonchev–Trinajstić information content (AvgIpc) is 2.26. The van der Waals surface area contributed by atoms with E-state index in [0.29, 0.717) is 6.29 Å². The lowest BCUT2D eigenvalue weighted by molar-refractivity contribution is -0.103. The molecule has 0 saturated heterocycles. The Balaban J connectivity index is 2.56. The number of pyridine rings is 1. The number of hydrogen-bond donors (Lipinski definition) is 0. The van der Waals surface area contributed by atoms with Crippen molar-refractivity contribution in [2.75, 3.05) is 0 Å². The third-order valence-corrected chi connectivity index (χ3v) is 1.88. The molecule has 1 aromatic carbocycles. The lowest BCUT2D eigenvalue weighted by atomic mass is 10.1. The molecule has 2 nitrogen and oxygen atoms in total. The van der Waals surface area contributed by atoms with Crippen LogP contribution in [0, 0.1) is 11.8 Å². The molecule has 0 amide bonds. The van der Waals surface area contributed by atoms with Gasteiger partial charge in [-0.15, -0.1) is 0 Å². The van der Waals surface area contributed by atoms with Crippen LogP contribution in [0.5, 0.6) is 0 Å². The van der Waals surface area contributed by atoms with E-state index in [4.69, 9.17) is 0 Å². The molecule has 1 aromatic heterocycles. The third-order valence-electron chi connectivity index (χ3n) is 1.88. The van der Waals surface area contributed by atoms with Gasteiger partial charge >= 0.3 is 0 Å². The van der Waals surface area contributed by atoms with E-state index in [2.05, 4.69) is 16.8 Å². The van der Waals surface area contributed by atoms with Gasteiger partial charge in [-0.25, -0.2) is 0 Å². The van der Waals surface area contributed by atoms with E-state index in [9.17, 15) is 4.79 Å². The molecule has 2 aromatic rings. The second kappa shape index (κ2) is 3.71. The number of fused-ring (bicyclic) bond motifs is 1. The Morgan fingerprint density at radius 1 is 1.29 bits per heavy atom. The molecule has 2 rings (SSSR count). The van der Waals surface area contributed by atoms with Crippen molar-refractivity contribution in [3.05, 3.63) is 42.1 Å². The van der Waals surface area contributed by atoms with E-state index >= 15 is 0 Å². The van der Waals surface area contributed by atoms with Gasteiger partial charge in [0.2, 0.25) is 0 Å². The fourth-order valence-electron chi connectivity index (χ4n) is 1.26. The van der Waals surface area contributed by atoms with Crippen molar-refractivity contribution >= 4 is 17.2 Å². The van der Waals surface area contributed by atoms with Gasteiger partial charge in [0, 0.05) is 17.1 Å². The summed E-state index contributed by atoms with van der Waals surface area (Å²) >= 11 is 0. The average molecular weight is 181 g/mol. The third kappa shape index (κ3) is 1.62. The molecule has 0 bridgehead atoms. The number of rotatable bonds is 0. The summed E-state index contributed by atoms with van der Waals surface area (Å²) in [6, 6.07) is 9.56. The SMILES string of the molecule is O=CC#Cc1ccc2cccnc2c1. The Hall–Kier alpha value is -2.14. The highest BCUT2D eigenvalue weighted by molar-refractivity contribution is 5.80. The van der Waals surface area contributed by atoms with Crippen molar-refractivity contribution in [1.82, 2.24) is 4.98 Å². The van der Waals surface area contributed by atoms with Crippen molar-refractivity contribution in [1.29, 1.82) is 0 Å². The van der Waals surface area contributed by atoms with Gasteiger partial charge in [0.1, 0.15) is 0 Å². The van der Waals surface area contributed by atoms with Crippen LogP contribution in [0.2, 0.25) is 0 Å². The fraction of sp³-hybridized carbons (Fsp3) is 0. The molecule has 66 valence electrons. The van der Waals surface area contributed by atoms with Crippen LogP contribution in [0.3, 0.4) is 0 Å². The van der Waals surface area contributed by atoms with E-state index in [1.54, 1.807) is 6.20 Å². The Morgan fingerprint density at radius 2 is 2.21 bits per heavy atom. The van der Waals surface area contributed by atoms with E-state index in [-0.39, 0.29) is 0 Å². The molecule has 2 heteroatoms. The topological polar surface area (TPSA) is 30.0 Å². The van der Waals surface area contributed by atoms with Crippen molar-refractivity contribution in [2.24, 2.45) is 0 Å². The molecule has 0 saturated carbocycles. The van der Waals surface area contributed by atoms with Crippen molar-refractivity contribution < 1.29 is 4.79 Å². The highest BCUT2D eigenvalue weighted by atomic mass is 16.1. The van der Waals surface area contributed by atoms with Gasteiger partial charge in [-0.2, -0.15) is 0 Å². The maximum atomic E-state index is 10.1. The van der Waals surface area contributed by atoms with Crippen LogP contribution >= 0.6 is 0 Å². The molecule has 0 radical (unpaired) electrons. The first-order chi connectivity index (χ1) is 6.90. The number of aromatic nitrogens is 1. The number of benzene rings is 1. The lowest BCUT2D eigenvalue weighted by Crippen LogP contribution is -1.79. The van der Waals surface area contributed by atoms with Crippen molar-refractivity contribution in [2.45, 2.75) is 0 Å². The van der Waals surface area contributed by atoms with Gasteiger partial charge in [0.25, 0.3) is 0 Å². The van der Waals surface area contributed by atoms with Crippen molar-refractivity contribution in [3.63, 3.8) is 0 Å². The van der Waals surface area contributed by atoms with Crippen LogP contribution in [0.1, 0.15) is 5.56 Å². The number of carbonyl (C=O) groups excluding carboxylic acids is 1. The predicted molar refractivity (Wildman–Crippen MR) is 54.7 cm³/mol. The summed E-state index contributed by atoms with van der Waals surface area (Å²) < 4.78 is 0. The Morgan fingerprint density at radius 3 is 3.07 bits per heavy atom. The highest BCUT2D eigenvalue weighted by Gasteiger charge is 1.93. The summed E-state index contributed by atoms with van der Waals surface area (Å²) in [6.07, 6.45) is 2.32. The molecular formula is C12H7NO. The summed E-state index contributed by atoms with van der Waals surface area (Å²) in [5, 5.41) is 1.07. The second-order valence-corrected chi connectivity index (χ2v) is 2.80. The molecule has 0 N–H and O–H groups in total. The summed E-state index contributed by atoms with van der Waals surface area (Å²) in [5.74, 6) is 5.10. The standard InChI is InChI=1S/C12H7NO/c14-8-2-3-10-5-6-11-4-1-7-13-12(11)9-10/h1,4-9H. The van der Waals surface area contributed by atoms with Crippen molar-refractivity contribution in [3.8, 4) is 11.8 Å². The van der Waals surface area contributed by atoms with E-state index in [1.165, 1.54) is 0 Å². The molecule has 0 aliphatic heterocycles. The number of hydrogen-bond acceptors (Lipinski definition) is 2. The van der Waals surface area contributed by atoms with Crippen LogP contribution < -0.4 is 0 Å². The first-order valence-corrected chi connectivity index (χ1v) is 4.20. The summed E-state index contributed by atoms with van der Waals surface area (Å²) in [7, 11) is 0.